The summed E-state index contributed by atoms with van der Waals surface area (Å²) in [5.74, 6) is 1.38. The van der Waals surface area contributed by atoms with Crippen LogP contribution in [-0.4, -0.2) is 34.3 Å². The van der Waals surface area contributed by atoms with Gasteiger partial charge in [0.15, 0.2) is 5.65 Å². The van der Waals surface area contributed by atoms with Gasteiger partial charge in [-0.05, 0) is 6.07 Å². The van der Waals surface area contributed by atoms with E-state index in [1.807, 2.05) is 18.0 Å². The van der Waals surface area contributed by atoms with Crippen molar-refractivity contribution in [2.75, 3.05) is 24.3 Å². The van der Waals surface area contributed by atoms with Gasteiger partial charge in [-0.25, -0.2) is 0 Å². The number of fused-ring (bicyclic) bond motifs is 1. The minimum Gasteiger partial charge on any atom is -0.472 e. The van der Waals surface area contributed by atoms with Gasteiger partial charge >= 0.3 is 0 Å². The third-order valence-corrected chi connectivity index (χ3v) is 2.87. The second kappa shape index (κ2) is 4.60. The van der Waals surface area contributed by atoms with Crippen molar-refractivity contribution in [2.45, 2.75) is 6.54 Å². The topological polar surface area (TPSA) is 82.9 Å². The van der Waals surface area contributed by atoms with Crippen LogP contribution in [0.3, 0.4) is 0 Å². The molecule has 3 aromatic heterocycles. The Morgan fingerprint density at radius 3 is 3.05 bits per heavy atom. The van der Waals surface area contributed by atoms with E-state index in [-0.39, 0.29) is 0 Å². The average Bonchev–Trinajstić information content (AvgIpc) is 3.07. The average molecular weight is 258 g/mol. The van der Waals surface area contributed by atoms with Crippen LogP contribution in [0.1, 0.15) is 5.56 Å². The molecule has 3 rings (SSSR count). The second-order valence-corrected chi connectivity index (χ2v) is 4.24. The first-order valence-electron chi connectivity index (χ1n) is 5.89. The molecule has 0 saturated heterocycles. The molecule has 0 aromatic carbocycles. The molecule has 0 fully saturated rings. The molecule has 0 spiro atoms. The van der Waals surface area contributed by atoms with Crippen molar-refractivity contribution in [3.63, 3.8) is 0 Å². The normalized spacial score (nSPS) is 10.8. The van der Waals surface area contributed by atoms with E-state index in [0.29, 0.717) is 18.1 Å². The summed E-state index contributed by atoms with van der Waals surface area (Å²) in [6, 6.07) is 1.93. The zero-order valence-electron chi connectivity index (χ0n) is 10.7. The number of aromatic amines is 1. The lowest BCUT2D eigenvalue weighted by Gasteiger charge is -2.18. The Labute approximate surface area is 109 Å². The highest BCUT2D eigenvalue weighted by atomic mass is 16.3. The van der Waals surface area contributed by atoms with Crippen LogP contribution in [0.4, 0.5) is 11.8 Å². The monoisotopic (exact) mass is 258 g/mol. The molecule has 2 N–H and O–H groups in total. The van der Waals surface area contributed by atoms with E-state index >= 15 is 0 Å². The summed E-state index contributed by atoms with van der Waals surface area (Å²) in [5, 5.41) is 10.7. The SMILES string of the molecule is CNc1nc(N(C)Cc2ccoc2)c2cn[nH]c2n1. The maximum atomic E-state index is 5.08. The highest BCUT2D eigenvalue weighted by molar-refractivity contribution is 5.87. The predicted octanol–water partition coefficient (Wildman–Crippen LogP) is 1.62. The van der Waals surface area contributed by atoms with Crippen molar-refractivity contribution in [1.29, 1.82) is 0 Å². The number of nitrogens with zero attached hydrogens (tertiary/aromatic N) is 4. The Morgan fingerprint density at radius 1 is 1.42 bits per heavy atom. The van der Waals surface area contributed by atoms with Crippen LogP contribution in [0.2, 0.25) is 0 Å². The molecule has 0 aliphatic carbocycles. The standard InChI is InChI=1S/C12H14N6O/c1-13-12-15-10-9(5-14-17-10)11(16-12)18(2)6-8-3-4-19-7-8/h3-5,7H,6H2,1-2H3,(H2,13,14,15,16,17). The summed E-state index contributed by atoms with van der Waals surface area (Å²) >= 11 is 0. The highest BCUT2D eigenvalue weighted by Gasteiger charge is 2.13. The van der Waals surface area contributed by atoms with Crippen LogP contribution in [-0.2, 0) is 6.54 Å². The fraction of sp³-hybridized carbons (Fsp3) is 0.250. The van der Waals surface area contributed by atoms with Crippen molar-refractivity contribution >= 4 is 22.8 Å². The number of aromatic nitrogens is 4. The lowest BCUT2D eigenvalue weighted by Crippen LogP contribution is -2.18. The minimum atomic E-state index is 0.561. The first kappa shape index (κ1) is 11.5. The van der Waals surface area contributed by atoms with Crippen molar-refractivity contribution in [3.8, 4) is 0 Å². The number of hydrogen-bond acceptors (Lipinski definition) is 6. The fourth-order valence-corrected chi connectivity index (χ4v) is 1.95. The van der Waals surface area contributed by atoms with Crippen LogP contribution in [0.5, 0.6) is 0 Å². The summed E-state index contributed by atoms with van der Waals surface area (Å²) in [6.45, 7) is 0.705. The third kappa shape index (κ3) is 2.10. The van der Waals surface area contributed by atoms with E-state index in [9.17, 15) is 0 Å². The Bertz CT molecular complexity index is 675. The number of anilines is 2. The molecule has 7 heteroatoms. The van der Waals surface area contributed by atoms with Crippen molar-refractivity contribution in [2.24, 2.45) is 0 Å². The largest absolute Gasteiger partial charge is 0.472 e. The Morgan fingerprint density at radius 2 is 2.32 bits per heavy atom. The quantitative estimate of drug-likeness (QED) is 0.740. The van der Waals surface area contributed by atoms with E-state index in [1.54, 1.807) is 25.8 Å². The smallest absolute Gasteiger partial charge is 0.226 e. The van der Waals surface area contributed by atoms with Crippen LogP contribution in [0.25, 0.3) is 11.0 Å². The molecule has 3 heterocycles. The van der Waals surface area contributed by atoms with Crippen molar-refractivity contribution in [1.82, 2.24) is 20.2 Å². The molecule has 3 aromatic rings. The Kier molecular flexibility index (Phi) is 2.79. The van der Waals surface area contributed by atoms with Gasteiger partial charge in [0.05, 0.1) is 24.1 Å². The van der Waals surface area contributed by atoms with Crippen molar-refractivity contribution in [3.05, 3.63) is 30.4 Å². The maximum Gasteiger partial charge on any atom is 0.226 e. The Hall–Kier alpha value is -2.57. The van der Waals surface area contributed by atoms with Gasteiger partial charge in [-0.2, -0.15) is 15.1 Å². The zero-order chi connectivity index (χ0) is 13.2. The third-order valence-electron chi connectivity index (χ3n) is 2.87. The minimum absolute atomic E-state index is 0.561. The number of nitrogens with one attached hydrogen (secondary N) is 2. The molecule has 0 unspecified atom stereocenters. The number of furan rings is 1. The first-order chi connectivity index (χ1) is 9.28. The van der Waals surface area contributed by atoms with E-state index in [1.165, 1.54) is 0 Å². The van der Waals surface area contributed by atoms with Gasteiger partial charge in [-0.3, -0.25) is 5.10 Å². The number of rotatable bonds is 4. The molecule has 0 atom stereocenters. The maximum absolute atomic E-state index is 5.08. The summed E-state index contributed by atoms with van der Waals surface area (Å²) in [7, 11) is 3.76. The molecule has 19 heavy (non-hydrogen) atoms. The van der Waals surface area contributed by atoms with Crippen LogP contribution >= 0.6 is 0 Å². The lowest BCUT2D eigenvalue weighted by molar-refractivity contribution is 0.563. The lowest BCUT2D eigenvalue weighted by atomic mass is 10.3. The molecule has 98 valence electrons. The summed E-state index contributed by atoms with van der Waals surface area (Å²) in [6.07, 6.45) is 5.12. The van der Waals surface area contributed by atoms with E-state index in [2.05, 4.69) is 25.5 Å². The van der Waals surface area contributed by atoms with E-state index in [0.717, 1.165) is 16.8 Å². The second-order valence-electron chi connectivity index (χ2n) is 4.24. The van der Waals surface area contributed by atoms with E-state index < -0.39 is 0 Å². The van der Waals surface area contributed by atoms with Gasteiger partial charge in [-0.15, -0.1) is 0 Å². The van der Waals surface area contributed by atoms with Gasteiger partial charge in [0.2, 0.25) is 5.95 Å². The van der Waals surface area contributed by atoms with E-state index in [4.69, 9.17) is 4.42 Å². The number of H-pyrrole nitrogens is 1. The molecule has 0 saturated carbocycles. The molecule has 0 bridgehead atoms. The van der Waals surface area contributed by atoms with Crippen molar-refractivity contribution < 1.29 is 4.42 Å². The van der Waals surface area contributed by atoms with Gasteiger partial charge < -0.3 is 14.6 Å². The fourth-order valence-electron chi connectivity index (χ4n) is 1.95. The molecule has 7 nitrogen and oxygen atoms in total. The van der Waals surface area contributed by atoms with Gasteiger partial charge in [0.25, 0.3) is 0 Å². The molecular formula is C12H14N6O. The van der Waals surface area contributed by atoms with Crippen LogP contribution < -0.4 is 10.2 Å². The molecule has 0 radical (unpaired) electrons. The Balaban J connectivity index is 2.00. The summed E-state index contributed by atoms with van der Waals surface area (Å²) < 4.78 is 5.08. The van der Waals surface area contributed by atoms with Gasteiger partial charge in [0.1, 0.15) is 5.82 Å². The number of hydrogen-bond donors (Lipinski definition) is 2. The predicted molar refractivity (Wildman–Crippen MR) is 72.0 cm³/mol. The molecular weight excluding hydrogens is 244 g/mol. The van der Waals surface area contributed by atoms with Gasteiger partial charge in [-0.1, -0.05) is 0 Å². The first-order valence-corrected chi connectivity index (χ1v) is 5.89. The molecule has 0 aliphatic heterocycles. The summed E-state index contributed by atoms with van der Waals surface area (Å²) in [4.78, 5) is 10.8. The van der Waals surface area contributed by atoms with Gasteiger partial charge in [0, 0.05) is 26.2 Å². The zero-order valence-corrected chi connectivity index (χ0v) is 10.7. The van der Waals surface area contributed by atoms with Crippen LogP contribution in [0.15, 0.2) is 29.2 Å². The molecule has 0 aliphatic rings. The molecule has 0 amide bonds. The highest BCUT2D eigenvalue weighted by Crippen LogP contribution is 2.24. The van der Waals surface area contributed by atoms with Crippen LogP contribution in [0, 0.1) is 0 Å². The summed E-state index contributed by atoms with van der Waals surface area (Å²) in [5.41, 5.74) is 1.80.